The molecule has 2 rings (SSSR count). The van der Waals surface area contributed by atoms with E-state index >= 15 is 0 Å². The predicted octanol–water partition coefficient (Wildman–Crippen LogP) is 2.62. The molecule has 2 N–H and O–H groups in total. The number of benzene rings is 1. The molecule has 1 aromatic carbocycles. The summed E-state index contributed by atoms with van der Waals surface area (Å²) in [7, 11) is 1.63. The molecular weight excluding hydrogens is 316 g/mol. The number of rotatable bonds is 8. The van der Waals surface area contributed by atoms with Gasteiger partial charge in [-0.05, 0) is 39.3 Å². The molecule has 0 aliphatic carbocycles. The van der Waals surface area contributed by atoms with Gasteiger partial charge in [-0.25, -0.2) is 0 Å². The van der Waals surface area contributed by atoms with E-state index in [1.165, 1.54) is 0 Å². The molecule has 0 radical (unpaired) electrons. The molecule has 2 aromatic rings. The largest absolute Gasteiger partial charge is 0.496 e. The summed E-state index contributed by atoms with van der Waals surface area (Å²) in [5.41, 5.74) is 2.09. The second kappa shape index (κ2) is 8.67. The summed E-state index contributed by atoms with van der Waals surface area (Å²) in [6, 6.07) is 7.87. The van der Waals surface area contributed by atoms with E-state index < -0.39 is 0 Å². The van der Waals surface area contributed by atoms with Crippen molar-refractivity contribution in [1.82, 2.24) is 20.4 Å². The average molecular weight is 344 g/mol. The molecule has 0 unspecified atom stereocenters. The van der Waals surface area contributed by atoms with Crippen LogP contribution in [0.3, 0.4) is 0 Å². The van der Waals surface area contributed by atoms with Gasteiger partial charge >= 0.3 is 0 Å². The second-order valence-corrected chi connectivity index (χ2v) is 6.44. The third-order valence-electron chi connectivity index (χ3n) is 4.44. The minimum absolute atomic E-state index is 0.0471. The standard InChI is InChI=1S/C19H28N4O2/c1-13-10-21-23(12-13)16(4)14(2)20-11-19(24)22-15(3)17-8-6-7-9-18(17)25-5/h6-10,12,14-16,20H,11H2,1-5H3,(H,22,24)/t14-,15-,16+/m0/s1. The zero-order valence-electron chi connectivity index (χ0n) is 15.6. The number of nitrogens with zero attached hydrogens (tertiary/aromatic N) is 2. The molecule has 0 aliphatic heterocycles. The number of hydrogen-bond acceptors (Lipinski definition) is 4. The van der Waals surface area contributed by atoms with Crippen molar-refractivity contribution in [2.45, 2.75) is 45.8 Å². The van der Waals surface area contributed by atoms with Gasteiger partial charge in [-0.15, -0.1) is 0 Å². The number of hydrogen-bond donors (Lipinski definition) is 2. The van der Waals surface area contributed by atoms with Crippen molar-refractivity contribution in [3.63, 3.8) is 0 Å². The van der Waals surface area contributed by atoms with Crippen LogP contribution in [0.15, 0.2) is 36.7 Å². The first kappa shape index (κ1) is 19.0. The highest BCUT2D eigenvalue weighted by atomic mass is 16.5. The number of para-hydroxylation sites is 1. The second-order valence-electron chi connectivity index (χ2n) is 6.44. The minimum atomic E-state index is -0.119. The summed E-state index contributed by atoms with van der Waals surface area (Å²) in [5.74, 6) is 0.730. The summed E-state index contributed by atoms with van der Waals surface area (Å²) in [6.45, 7) is 8.36. The molecule has 0 aliphatic rings. The smallest absolute Gasteiger partial charge is 0.234 e. The molecule has 0 saturated carbocycles. The molecule has 1 amide bonds. The molecule has 136 valence electrons. The van der Waals surface area contributed by atoms with E-state index in [-0.39, 0.29) is 30.6 Å². The van der Waals surface area contributed by atoms with Crippen molar-refractivity contribution in [3.8, 4) is 5.75 Å². The van der Waals surface area contributed by atoms with Crippen LogP contribution in [0.1, 0.15) is 44.0 Å². The molecule has 1 heterocycles. The fourth-order valence-electron chi connectivity index (χ4n) is 2.70. The zero-order valence-corrected chi connectivity index (χ0v) is 15.6. The molecule has 0 spiro atoms. The van der Waals surface area contributed by atoms with Gasteiger partial charge in [0, 0.05) is 17.8 Å². The van der Waals surface area contributed by atoms with Gasteiger partial charge < -0.3 is 15.4 Å². The fourth-order valence-corrected chi connectivity index (χ4v) is 2.70. The van der Waals surface area contributed by atoms with Crippen LogP contribution < -0.4 is 15.4 Å². The summed E-state index contributed by atoms with van der Waals surface area (Å²) < 4.78 is 7.27. The van der Waals surface area contributed by atoms with Crippen LogP contribution in [0.4, 0.5) is 0 Å². The van der Waals surface area contributed by atoms with Crippen LogP contribution in [-0.2, 0) is 4.79 Å². The number of nitrogens with one attached hydrogen (secondary N) is 2. The Morgan fingerprint density at radius 1 is 1.28 bits per heavy atom. The van der Waals surface area contributed by atoms with Crippen LogP contribution in [0, 0.1) is 6.92 Å². The summed E-state index contributed by atoms with van der Waals surface area (Å²) in [6.07, 6.45) is 3.84. The molecule has 25 heavy (non-hydrogen) atoms. The molecule has 1 aromatic heterocycles. The average Bonchev–Trinajstić information content (AvgIpc) is 3.05. The van der Waals surface area contributed by atoms with Gasteiger partial charge in [-0.3, -0.25) is 9.48 Å². The number of aromatic nitrogens is 2. The maximum atomic E-state index is 12.3. The Labute approximate surface area is 149 Å². The monoisotopic (exact) mass is 344 g/mol. The van der Waals surface area contributed by atoms with Crippen LogP contribution in [0.2, 0.25) is 0 Å². The Hall–Kier alpha value is -2.34. The Morgan fingerprint density at radius 3 is 2.64 bits per heavy atom. The number of carbonyl (C=O) groups excluding carboxylic acids is 1. The first-order valence-electron chi connectivity index (χ1n) is 8.58. The molecule has 3 atom stereocenters. The topological polar surface area (TPSA) is 68.2 Å². The van der Waals surface area contributed by atoms with Gasteiger partial charge in [0.1, 0.15) is 5.75 Å². The predicted molar refractivity (Wildman–Crippen MR) is 98.7 cm³/mol. The van der Waals surface area contributed by atoms with E-state index in [1.54, 1.807) is 7.11 Å². The van der Waals surface area contributed by atoms with Crippen LogP contribution in [-0.4, -0.2) is 35.4 Å². The van der Waals surface area contributed by atoms with Gasteiger partial charge in [0.05, 0.1) is 31.9 Å². The van der Waals surface area contributed by atoms with Gasteiger partial charge in [0.2, 0.25) is 5.91 Å². The lowest BCUT2D eigenvalue weighted by atomic mass is 10.1. The van der Waals surface area contributed by atoms with Crippen molar-refractivity contribution >= 4 is 5.91 Å². The molecule has 0 bridgehead atoms. The van der Waals surface area contributed by atoms with Gasteiger partial charge in [0.25, 0.3) is 0 Å². The lowest BCUT2D eigenvalue weighted by Gasteiger charge is -2.22. The zero-order chi connectivity index (χ0) is 18.4. The number of methoxy groups -OCH3 is 1. The molecule has 0 fully saturated rings. The number of aryl methyl sites for hydroxylation is 1. The van der Waals surface area contributed by atoms with Gasteiger partial charge in [-0.1, -0.05) is 18.2 Å². The minimum Gasteiger partial charge on any atom is -0.496 e. The first-order chi connectivity index (χ1) is 11.9. The molecule has 0 saturated heterocycles. The molecular formula is C19H28N4O2. The Bertz CT molecular complexity index is 698. The molecule has 6 heteroatoms. The van der Waals surface area contributed by atoms with E-state index in [1.807, 2.05) is 55.2 Å². The number of amides is 1. The third-order valence-corrected chi connectivity index (χ3v) is 4.44. The van der Waals surface area contributed by atoms with E-state index in [2.05, 4.69) is 29.6 Å². The SMILES string of the molecule is COc1ccccc1[C@H](C)NC(=O)CN[C@@H](C)[C@@H](C)n1cc(C)cn1. The Balaban J connectivity index is 1.85. The molecule has 6 nitrogen and oxygen atoms in total. The van der Waals surface area contributed by atoms with Gasteiger partial charge in [0.15, 0.2) is 0 Å². The highest BCUT2D eigenvalue weighted by molar-refractivity contribution is 5.78. The van der Waals surface area contributed by atoms with Crippen molar-refractivity contribution in [3.05, 3.63) is 47.8 Å². The highest BCUT2D eigenvalue weighted by Gasteiger charge is 2.17. The number of carbonyl (C=O) groups is 1. The maximum absolute atomic E-state index is 12.3. The van der Waals surface area contributed by atoms with Crippen molar-refractivity contribution in [2.24, 2.45) is 0 Å². The van der Waals surface area contributed by atoms with Crippen LogP contribution in [0.5, 0.6) is 5.75 Å². The Kier molecular flexibility index (Phi) is 6.58. The van der Waals surface area contributed by atoms with E-state index in [4.69, 9.17) is 4.74 Å². The summed E-state index contributed by atoms with van der Waals surface area (Å²) >= 11 is 0. The van der Waals surface area contributed by atoms with E-state index in [0.717, 1.165) is 16.9 Å². The van der Waals surface area contributed by atoms with Gasteiger partial charge in [-0.2, -0.15) is 5.10 Å². The quantitative estimate of drug-likeness (QED) is 0.772. The third kappa shape index (κ3) is 5.06. The fraction of sp³-hybridized carbons (Fsp3) is 0.474. The number of ether oxygens (including phenoxy) is 1. The Morgan fingerprint density at radius 2 is 2.00 bits per heavy atom. The van der Waals surface area contributed by atoms with Crippen LogP contribution in [0.25, 0.3) is 0 Å². The normalized spacial score (nSPS) is 14.6. The van der Waals surface area contributed by atoms with Crippen molar-refractivity contribution < 1.29 is 9.53 Å². The van der Waals surface area contributed by atoms with E-state index in [9.17, 15) is 4.79 Å². The lowest BCUT2D eigenvalue weighted by molar-refractivity contribution is -0.121. The first-order valence-corrected chi connectivity index (χ1v) is 8.58. The van der Waals surface area contributed by atoms with Crippen molar-refractivity contribution in [2.75, 3.05) is 13.7 Å². The van der Waals surface area contributed by atoms with Crippen molar-refractivity contribution in [1.29, 1.82) is 0 Å². The maximum Gasteiger partial charge on any atom is 0.234 e. The summed E-state index contributed by atoms with van der Waals surface area (Å²) in [5, 5.41) is 10.6. The van der Waals surface area contributed by atoms with E-state index in [0.29, 0.717) is 0 Å². The highest BCUT2D eigenvalue weighted by Crippen LogP contribution is 2.24. The lowest BCUT2D eigenvalue weighted by Crippen LogP contribution is -2.41. The summed E-state index contributed by atoms with van der Waals surface area (Å²) in [4.78, 5) is 12.3. The van der Waals surface area contributed by atoms with Crippen LogP contribution >= 0.6 is 0 Å².